The van der Waals surface area contributed by atoms with Gasteiger partial charge in [-0.3, -0.25) is 4.79 Å². The largest absolute Gasteiger partial charge is 0.431 e. The average Bonchev–Trinajstić information content (AvgIpc) is 3.10. The third-order valence-corrected chi connectivity index (χ3v) is 4.65. The first-order valence-electron chi connectivity index (χ1n) is 7.87. The minimum absolute atomic E-state index is 0.0931. The Hall–Kier alpha value is -2.24. The Bertz CT molecular complexity index is 862. The number of oxazole rings is 1. The molecule has 3 aromatic rings. The highest BCUT2D eigenvalue weighted by molar-refractivity contribution is 7.99. The fourth-order valence-corrected chi connectivity index (χ4v) is 2.99. The second kappa shape index (κ2) is 8.23. The van der Waals surface area contributed by atoms with Gasteiger partial charge in [0.1, 0.15) is 0 Å². The highest BCUT2D eigenvalue weighted by atomic mass is 35.5. The summed E-state index contributed by atoms with van der Waals surface area (Å²) in [5, 5.41) is 4.02. The highest BCUT2D eigenvalue weighted by Gasteiger charge is 2.10. The maximum absolute atomic E-state index is 12.1. The molecule has 1 heterocycles. The Morgan fingerprint density at radius 3 is 2.80 bits per heavy atom. The van der Waals surface area contributed by atoms with Crippen LogP contribution in [0.15, 0.2) is 64.4 Å². The molecular formula is C19H17ClN2O2S. The van der Waals surface area contributed by atoms with E-state index in [1.807, 2.05) is 36.4 Å². The zero-order valence-electron chi connectivity index (χ0n) is 13.7. The number of carbonyl (C=O) groups is 1. The minimum Gasteiger partial charge on any atom is -0.431 e. The van der Waals surface area contributed by atoms with Gasteiger partial charge in [-0.2, -0.15) is 0 Å². The maximum atomic E-state index is 12.1. The first-order chi connectivity index (χ1) is 12.1. The molecule has 1 N–H and O–H groups in total. The maximum Gasteiger partial charge on any atom is 0.256 e. The van der Waals surface area contributed by atoms with Crippen LogP contribution in [-0.2, 0) is 11.2 Å². The first kappa shape index (κ1) is 17.6. The number of hydrogen-bond acceptors (Lipinski definition) is 4. The third kappa shape index (κ3) is 4.87. The molecule has 3 rings (SSSR count). The summed E-state index contributed by atoms with van der Waals surface area (Å²) in [4.78, 5) is 16.3. The van der Waals surface area contributed by atoms with Crippen molar-refractivity contribution in [1.82, 2.24) is 4.98 Å². The van der Waals surface area contributed by atoms with Crippen LogP contribution in [0.25, 0.3) is 11.3 Å². The molecule has 0 saturated heterocycles. The summed E-state index contributed by atoms with van der Waals surface area (Å²) in [5.74, 6) is 0.788. The lowest BCUT2D eigenvalue weighted by Gasteiger charge is -2.05. The van der Waals surface area contributed by atoms with Gasteiger partial charge in [-0.05, 0) is 48.4 Å². The minimum atomic E-state index is -0.0931. The predicted octanol–water partition coefficient (Wildman–Crippen LogP) is 5.29. The van der Waals surface area contributed by atoms with E-state index in [1.54, 1.807) is 18.3 Å². The van der Waals surface area contributed by atoms with Crippen molar-refractivity contribution in [3.05, 3.63) is 65.3 Å². The van der Waals surface area contributed by atoms with Crippen LogP contribution in [0.3, 0.4) is 0 Å². The van der Waals surface area contributed by atoms with Crippen molar-refractivity contribution in [1.29, 1.82) is 0 Å². The SMILES string of the molecule is CCc1cccc(NC(=O)CSc2ncc(-c3ccc(Cl)cc3)o2)c1. The number of nitrogens with zero attached hydrogens (tertiary/aromatic N) is 1. The normalized spacial score (nSPS) is 10.6. The molecule has 0 radical (unpaired) electrons. The standard InChI is InChI=1S/C19H17ClN2O2S/c1-2-13-4-3-5-16(10-13)22-18(23)12-25-19-21-11-17(24-19)14-6-8-15(20)9-7-14/h3-11H,2,12H2,1H3,(H,22,23). The summed E-state index contributed by atoms with van der Waals surface area (Å²) >= 11 is 7.14. The Balaban J connectivity index is 1.56. The van der Waals surface area contributed by atoms with Gasteiger partial charge in [0.15, 0.2) is 5.76 Å². The van der Waals surface area contributed by atoms with Crippen LogP contribution in [0, 0.1) is 0 Å². The second-order valence-corrected chi connectivity index (χ2v) is 6.75. The van der Waals surface area contributed by atoms with Crippen LogP contribution in [0.2, 0.25) is 5.02 Å². The smallest absolute Gasteiger partial charge is 0.256 e. The van der Waals surface area contributed by atoms with Gasteiger partial charge in [0.2, 0.25) is 5.91 Å². The fraction of sp³-hybridized carbons (Fsp3) is 0.158. The molecule has 1 aromatic heterocycles. The van der Waals surface area contributed by atoms with Gasteiger partial charge in [0, 0.05) is 16.3 Å². The van der Waals surface area contributed by atoms with Gasteiger partial charge in [-0.25, -0.2) is 4.98 Å². The number of carbonyl (C=O) groups excluding carboxylic acids is 1. The van der Waals surface area contributed by atoms with E-state index >= 15 is 0 Å². The molecule has 0 bridgehead atoms. The summed E-state index contributed by atoms with van der Waals surface area (Å²) in [7, 11) is 0. The molecule has 2 aromatic carbocycles. The van der Waals surface area contributed by atoms with E-state index < -0.39 is 0 Å². The number of hydrogen-bond donors (Lipinski definition) is 1. The number of aromatic nitrogens is 1. The molecule has 0 fully saturated rings. The van der Waals surface area contributed by atoms with Crippen molar-refractivity contribution < 1.29 is 9.21 Å². The molecule has 0 spiro atoms. The number of thioether (sulfide) groups is 1. The quantitative estimate of drug-likeness (QED) is 0.597. The van der Waals surface area contributed by atoms with E-state index in [9.17, 15) is 4.79 Å². The topological polar surface area (TPSA) is 55.1 Å². The summed E-state index contributed by atoms with van der Waals surface area (Å²) in [6.07, 6.45) is 2.58. The zero-order chi connectivity index (χ0) is 17.6. The molecule has 0 atom stereocenters. The van der Waals surface area contributed by atoms with E-state index in [2.05, 4.69) is 17.2 Å². The van der Waals surface area contributed by atoms with Crippen molar-refractivity contribution in [2.75, 3.05) is 11.1 Å². The van der Waals surface area contributed by atoms with Gasteiger partial charge < -0.3 is 9.73 Å². The molecule has 6 heteroatoms. The van der Waals surface area contributed by atoms with Crippen molar-refractivity contribution in [2.45, 2.75) is 18.6 Å². The summed E-state index contributed by atoms with van der Waals surface area (Å²) in [5.41, 5.74) is 2.88. The molecule has 0 aliphatic carbocycles. The number of nitrogens with one attached hydrogen (secondary N) is 1. The fourth-order valence-electron chi connectivity index (χ4n) is 2.27. The molecule has 0 aliphatic rings. The first-order valence-corrected chi connectivity index (χ1v) is 9.24. The molecule has 0 unspecified atom stereocenters. The van der Waals surface area contributed by atoms with Gasteiger partial charge in [0.05, 0.1) is 11.9 Å². The predicted molar refractivity (Wildman–Crippen MR) is 102 cm³/mol. The molecule has 4 nitrogen and oxygen atoms in total. The van der Waals surface area contributed by atoms with Crippen molar-refractivity contribution in [2.24, 2.45) is 0 Å². The van der Waals surface area contributed by atoms with Crippen LogP contribution in [-0.4, -0.2) is 16.6 Å². The third-order valence-electron chi connectivity index (χ3n) is 3.56. The molecule has 0 saturated carbocycles. The lowest BCUT2D eigenvalue weighted by molar-refractivity contribution is -0.113. The van der Waals surface area contributed by atoms with Crippen LogP contribution >= 0.6 is 23.4 Å². The van der Waals surface area contributed by atoms with Gasteiger partial charge in [-0.1, -0.05) is 42.4 Å². The lowest BCUT2D eigenvalue weighted by Crippen LogP contribution is -2.14. The summed E-state index contributed by atoms with van der Waals surface area (Å²) in [6.45, 7) is 2.08. The van der Waals surface area contributed by atoms with E-state index in [0.29, 0.717) is 16.0 Å². The van der Waals surface area contributed by atoms with Crippen molar-refractivity contribution in [3.8, 4) is 11.3 Å². The molecule has 0 aliphatic heterocycles. The number of benzene rings is 2. The lowest BCUT2D eigenvalue weighted by atomic mass is 10.1. The number of halogens is 1. The molecule has 1 amide bonds. The number of rotatable bonds is 6. The monoisotopic (exact) mass is 372 g/mol. The van der Waals surface area contributed by atoms with E-state index in [1.165, 1.54) is 17.3 Å². The second-order valence-electron chi connectivity index (χ2n) is 5.39. The van der Waals surface area contributed by atoms with Gasteiger partial charge in [0.25, 0.3) is 5.22 Å². The van der Waals surface area contributed by atoms with Crippen LogP contribution < -0.4 is 5.32 Å². The number of anilines is 1. The van der Waals surface area contributed by atoms with E-state index in [-0.39, 0.29) is 11.7 Å². The van der Waals surface area contributed by atoms with Crippen LogP contribution in [0.5, 0.6) is 0 Å². The Kier molecular flexibility index (Phi) is 5.79. The Morgan fingerprint density at radius 1 is 1.24 bits per heavy atom. The van der Waals surface area contributed by atoms with Gasteiger partial charge >= 0.3 is 0 Å². The highest BCUT2D eigenvalue weighted by Crippen LogP contribution is 2.26. The zero-order valence-corrected chi connectivity index (χ0v) is 15.2. The molecule has 25 heavy (non-hydrogen) atoms. The average molecular weight is 373 g/mol. The van der Waals surface area contributed by atoms with E-state index in [0.717, 1.165) is 17.7 Å². The molecule has 128 valence electrons. The Morgan fingerprint density at radius 2 is 2.04 bits per heavy atom. The number of amides is 1. The molecular weight excluding hydrogens is 356 g/mol. The Labute approximate surface area is 155 Å². The van der Waals surface area contributed by atoms with Crippen molar-refractivity contribution in [3.63, 3.8) is 0 Å². The van der Waals surface area contributed by atoms with Crippen LogP contribution in [0.1, 0.15) is 12.5 Å². The summed E-state index contributed by atoms with van der Waals surface area (Å²) < 4.78 is 5.68. The van der Waals surface area contributed by atoms with Crippen molar-refractivity contribution >= 4 is 35.0 Å². The summed E-state index contributed by atoms with van der Waals surface area (Å²) in [6, 6.07) is 15.2. The number of aryl methyl sites for hydroxylation is 1. The van der Waals surface area contributed by atoms with Gasteiger partial charge in [-0.15, -0.1) is 0 Å². The van der Waals surface area contributed by atoms with E-state index in [4.69, 9.17) is 16.0 Å². The van der Waals surface area contributed by atoms with Crippen LogP contribution in [0.4, 0.5) is 5.69 Å².